The van der Waals surface area contributed by atoms with Crippen molar-refractivity contribution < 1.29 is 19.2 Å². The van der Waals surface area contributed by atoms with Crippen molar-refractivity contribution in [2.45, 2.75) is 12.8 Å². The van der Waals surface area contributed by atoms with Crippen molar-refractivity contribution >= 4 is 17.6 Å². The Morgan fingerprint density at radius 3 is 2.52 bits per heavy atom. The number of nitrogens with zero attached hydrogens (tertiary/aromatic N) is 3. The quantitative estimate of drug-likeness (QED) is 0.468. The van der Waals surface area contributed by atoms with E-state index in [1.165, 1.54) is 19.2 Å². The molecule has 0 aromatic carbocycles. The zero-order chi connectivity index (χ0) is 15.4. The summed E-state index contributed by atoms with van der Waals surface area (Å²) < 4.78 is 4.69. The lowest BCUT2D eigenvalue weighted by molar-refractivity contribution is -0.385. The van der Waals surface area contributed by atoms with E-state index in [2.05, 4.69) is 9.72 Å². The number of ether oxygens (including phenoxy) is 1. The molecule has 0 spiro atoms. The predicted octanol–water partition coefficient (Wildman–Crippen LogP) is 1.01. The number of esters is 1. The van der Waals surface area contributed by atoms with Crippen molar-refractivity contribution in [1.82, 2.24) is 9.88 Å². The number of hydrogen-bond acceptors (Lipinski definition) is 6. The smallest absolute Gasteiger partial charge is 0.308 e. The minimum absolute atomic E-state index is 0.157. The third kappa shape index (κ3) is 3.33. The van der Waals surface area contributed by atoms with Gasteiger partial charge in [0.1, 0.15) is 11.9 Å². The first-order valence-electron chi connectivity index (χ1n) is 6.50. The second-order valence-electron chi connectivity index (χ2n) is 4.75. The molecule has 1 aromatic rings. The molecule has 21 heavy (non-hydrogen) atoms. The Bertz CT molecular complexity index is 549. The van der Waals surface area contributed by atoms with Crippen LogP contribution in [0.3, 0.4) is 0 Å². The van der Waals surface area contributed by atoms with Crippen molar-refractivity contribution in [3.8, 4) is 0 Å². The highest BCUT2D eigenvalue weighted by Crippen LogP contribution is 2.20. The van der Waals surface area contributed by atoms with E-state index in [-0.39, 0.29) is 29.2 Å². The lowest BCUT2D eigenvalue weighted by atomic mass is 9.97. The largest absolute Gasteiger partial charge is 0.469 e. The van der Waals surface area contributed by atoms with E-state index in [9.17, 15) is 19.7 Å². The monoisotopic (exact) mass is 293 g/mol. The molecule has 0 N–H and O–H groups in total. The highest BCUT2D eigenvalue weighted by Gasteiger charge is 2.28. The molecule has 8 nitrogen and oxygen atoms in total. The molecule has 0 aliphatic carbocycles. The van der Waals surface area contributed by atoms with Crippen LogP contribution in [0.4, 0.5) is 5.69 Å². The topological polar surface area (TPSA) is 103 Å². The number of likely N-dealkylation sites (tertiary alicyclic amines) is 1. The lowest BCUT2D eigenvalue weighted by Crippen LogP contribution is -2.40. The molecule has 0 saturated carbocycles. The van der Waals surface area contributed by atoms with Crippen LogP contribution in [0.25, 0.3) is 0 Å². The minimum atomic E-state index is -0.566. The second kappa shape index (κ2) is 6.29. The van der Waals surface area contributed by atoms with Gasteiger partial charge in [-0.25, -0.2) is 4.98 Å². The molecule has 0 atom stereocenters. The zero-order valence-corrected chi connectivity index (χ0v) is 11.5. The molecule has 1 saturated heterocycles. The number of carbonyl (C=O) groups excluding carboxylic acids is 2. The molecule has 112 valence electrons. The van der Waals surface area contributed by atoms with Gasteiger partial charge in [0, 0.05) is 19.2 Å². The summed E-state index contributed by atoms with van der Waals surface area (Å²) in [5, 5.41) is 10.5. The summed E-state index contributed by atoms with van der Waals surface area (Å²) in [7, 11) is 1.35. The first-order chi connectivity index (χ1) is 10.0. The summed E-state index contributed by atoms with van der Waals surface area (Å²) in [6.45, 7) is 0.883. The average molecular weight is 293 g/mol. The van der Waals surface area contributed by atoms with E-state index in [0.717, 1.165) is 6.20 Å². The first-order valence-corrected chi connectivity index (χ1v) is 6.50. The number of piperidine rings is 1. The highest BCUT2D eigenvalue weighted by molar-refractivity contribution is 5.92. The number of pyridine rings is 1. The fourth-order valence-electron chi connectivity index (χ4n) is 2.27. The van der Waals surface area contributed by atoms with Gasteiger partial charge in [-0.2, -0.15) is 0 Å². The summed E-state index contributed by atoms with van der Waals surface area (Å²) in [6.07, 6.45) is 2.16. The molecular formula is C13H15N3O5. The van der Waals surface area contributed by atoms with Crippen LogP contribution in [0.1, 0.15) is 23.3 Å². The molecule has 0 bridgehead atoms. The van der Waals surface area contributed by atoms with Crippen molar-refractivity contribution in [2.24, 2.45) is 5.92 Å². The van der Waals surface area contributed by atoms with Crippen LogP contribution in [0.2, 0.25) is 0 Å². The van der Waals surface area contributed by atoms with Gasteiger partial charge in [0.15, 0.2) is 0 Å². The maximum atomic E-state index is 12.2. The molecule has 2 rings (SSSR count). The number of carbonyl (C=O) groups is 2. The number of nitro groups is 1. The Balaban J connectivity index is 1.98. The summed E-state index contributed by atoms with van der Waals surface area (Å²) in [6, 6.07) is 2.59. The number of hydrogen-bond donors (Lipinski definition) is 0. The Hall–Kier alpha value is -2.51. The SMILES string of the molecule is COC(=O)C1CCN(C(=O)c2ccc([N+](=O)[O-])cn2)CC1. The first kappa shape index (κ1) is 14.9. The van der Waals surface area contributed by atoms with Gasteiger partial charge in [0.05, 0.1) is 18.0 Å². The van der Waals surface area contributed by atoms with E-state index in [1.807, 2.05) is 0 Å². The van der Waals surface area contributed by atoms with Crippen LogP contribution in [0.15, 0.2) is 18.3 Å². The Labute approximate surface area is 120 Å². The minimum Gasteiger partial charge on any atom is -0.469 e. The van der Waals surface area contributed by atoms with Crippen LogP contribution in [-0.2, 0) is 9.53 Å². The summed E-state index contributed by atoms with van der Waals surface area (Å²) in [5.74, 6) is -0.715. The van der Waals surface area contributed by atoms with Gasteiger partial charge in [-0.15, -0.1) is 0 Å². The van der Waals surface area contributed by atoms with Gasteiger partial charge in [0.25, 0.3) is 11.6 Å². The number of aromatic nitrogens is 1. The lowest BCUT2D eigenvalue weighted by Gasteiger charge is -2.30. The zero-order valence-electron chi connectivity index (χ0n) is 11.5. The van der Waals surface area contributed by atoms with E-state index in [4.69, 9.17) is 0 Å². The molecule has 1 aliphatic rings. The van der Waals surface area contributed by atoms with Crippen molar-refractivity contribution in [3.05, 3.63) is 34.1 Å². The van der Waals surface area contributed by atoms with E-state index in [1.54, 1.807) is 4.90 Å². The summed E-state index contributed by atoms with van der Waals surface area (Å²) in [5.41, 5.74) is 0.00747. The number of methoxy groups -OCH3 is 1. The maximum absolute atomic E-state index is 12.2. The van der Waals surface area contributed by atoms with Gasteiger partial charge in [-0.1, -0.05) is 0 Å². The Morgan fingerprint density at radius 2 is 2.05 bits per heavy atom. The fraction of sp³-hybridized carbons (Fsp3) is 0.462. The van der Waals surface area contributed by atoms with Crippen LogP contribution in [0, 0.1) is 16.0 Å². The third-order valence-corrected chi connectivity index (χ3v) is 3.49. The molecule has 0 unspecified atom stereocenters. The van der Waals surface area contributed by atoms with Crippen molar-refractivity contribution in [3.63, 3.8) is 0 Å². The normalized spacial score (nSPS) is 15.6. The molecular weight excluding hydrogens is 278 g/mol. The standard InChI is InChI=1S/C13H15N3O5/c1-21-13(18)9-4-6-15(7-5-9)12(17)11-3-2-10(8-14-11)16(19)20/h2-3,8-9H,4-7H2,1H3. The highest BCUT2D eigenvalue weighted by atomic mass is 16.6. The number of rotatable bonds is 3. The van der Waals surface area contributed by atoms with Crippen molar-refractivity contribution in [2.75, 3.05) is 20.2 Å². The van der Waals surface area contributed by atoms with Gasteiger partial charge >= 0.3 is 5.97 Å². The third-order valence-electron chi connectivity index (χ3n) is 3.49. The van der Waals surface area contributed by atoms with Gasteiger partial charge in [-0.05, 0) is 18.9 Å². The van der Waals surface area contributed by atoms with Crippen LogP contribution >= 0.6 is 0 Å². The molecule has 1 aromatic heterocycles. The molecule has 1 aliphatic heterocycles. The summed E-state index contributed by atoms with van der Waals surface area (Å²) in [4.78, 5) is 39.0. The summed E-state index contributed by atoms with van der Waals surface area (Å²) >= 11 is 0. The van der Waals surface area contributed by atoms with Gasteiger partial charge in [-0.3, -0.25) is 19.7 Å². The van der Waals surface area contributed by atoms with Crippen LogP contribution in [-0.4, -0.2) is 46.9 Å². The molecule has 0 radical (unpaired) electrons. The molecule has 2 heterocycles. The predicted molar refractivity (Wildman–Crippen MR) is 71.5 cm³/mol. The number of amides is 1. The Kier molecular flexibility index (Phi) is 4.46. The second-order valence-corrected chi connectivity index (χ2v) is 4.75. The van der Waals surface area contributed by atoms with E-state index >= 15 is 0 Å². The van der Waals surface area contributed by atoms with Gasteiger partial charge in [0.2, 0.25) is 0 Å². The Morgan fingerprint density at radius 1 is 1.38 bits per heavy atom. The molecule has 8 heteroatoms. The molecule has 1 amide bonds. The van der Waals surface area contributed by atoms with Crippen molar-refractivity contribution in [1.29, 1.82) is 0 Å². The maximum Gasteiger partial charge on any atom is 0.308 e. The molecule has 1 fully saturated rings. The average Bonchev–Trinajstić information content (AvgIpc) is 2.53. The van der Waals surface area contributed by atoms with Crippen LogP contribution < -0.4 is 0 Å². The van der Waals surface area contributed by atoms with E-state index in [0.29, 0.717) is 25.9 Å². The fourth-order valence-corrected chi connectivity index (χ4v) is 2.27. The van der Waals surface area contributed by atoms with Crippen LogP contribution in [0.5, 0.6) is 0 Å². The van der Waals surface area contributed by atoms with E-state index < -0.39 is 4.92 Å². The van der Waals surface area contributed by atoms with Gasteiger partial charge < -0.3 is 9.64 Å².